The predicted octanol–water partition coefficient (Wildman–Crippen LogP) is 6.09. The van der Waals surface area contributed by atoms with Gasteiger partial charge < -0.3 is 9.47 Å². The Morgan fingerprint density at radius 2 is 1.11 bits per heavy atom. The second-order valence-corrected chi connectivity index (χ2v) is 6.67. The van der Waals surface area contributed by atoms with Crippen LogP contribution in [0.2, 0.25) is 15.1 Å². The third kappa shape index (κ3) is 5.01. The van der Waals surface area contributed by atoms with Crippen LogP contribution in [0, 0.1) is 0 Å². The lowest BCUT2D eigenvalue weighted by Gasteiger charge is -2.09. The van der Waals surface area contributed by atoms with E-state index in [9.17, 15) is 9.59 Å². The highest BCUT2D eigenvalue weighted by atomic mass is 35.5. The highest BCUT2D eigenvalue weighted by Gasteiger charge is 2.14. The molecule has 0 aliphatic carbocycles. The number of hydrogen-bond donors (Lipinski definition) is 0. The molecule has 3 rings (SSSR count). The Morgan fingerprint density at radius 1 is 0.630 bits per heavy atom. The van der Waals surface area contributed by atoms with Crippen LogP contribution < -0.4 is 9.47 Å². The second-order valence-electron chi connectivity index (χ2n) is 5.39. The minimum atomic E-state index is -0.584. The first-order chi connectivity index (χ1) is 12.9. The molecule has 0 saturated heterocycles. The highest BCUT2D eigenvalue weighted by Crippen LogP contribution is 2.30. The number of carbonyl (C=O) groups is 2. The fourth-order valence-corrected chi connectivity index (χ4v) is 2.59. The van der Waals surface area contributed by atoms with Gasteiger partial charge in [-0.2, -0.15) is 0 Å². The number of hydrogen-bond acceptors (Lipinski definition) is 4. The molecule has 0 fully saturated rings. The smallest absolute Gasteiger partial charge is 0.343 e. The Labute approximate surface area is 170 Å². The Bertz CT molecular complexity index is 983. The molecule has 0 aliphatic heterocycles. The first kappa shape index (κ1) is 19.2. The molecular formula is C20H11Cl3O4. The van der Waals surface area contributed by atoms with Crippen molar-refractivity contribution in [3.63, 3.8) is 0 Å². The summed E-state index contributed by atoms with van der Waals surface area (Å²) < 4.78 is 10.5. The predicted molar refractivity (Wildman–Crippen MR) is 104 cm³/mol. The van der Waals surface area contributed by atoms with Gasteiger partial charge in [0.25, 0.3) is 0 Å². The van der Waals surface area contributed by atoms with Gasteiger partial charge in [-0.25, -0.2) is 9.59 Å². The topological polar surface area (TPSA) is 52.6 Å². The van der Waals surface area contributed by atoms with E-state index < -0.39 is 11.9 Å². The maximum atomic E-state index is 12.1. The molecule has 0 aromatic heterocycles. The summed E-state index contributed by atoms with van der Waals surface area (Å²) in [5.74, 6) is -0.790. The molecule has 4 nitrogen and oxygen atoms in total. The van der Waals surface area contributed by atoms with Crippen molar-refractivity contribution in [3.8, 4) is 11.5 Å². The van der Waals surface area contributed by atoms with Crippen LogP contribution in [0.5, 0.6) is 11.5 Å². The maximum absolute atomic E-state index is 12.1. The van der Waals surface area contributed by atoms with E-state index in [1.165, 1.54) is 18.2 Å². The first-order valence-corrected chi connectivity index (χ1v) is 8.81. The lowest BCUT2D eigenvalue weighted by Crippen LogP contribution is -2.10. The number of ether oxygens (including phenoxy) is 2. The van der Waals surface area contributed by atoms with Crippen molar-refractivity contribution in [2.75, 3.05) is 0 Å². The van der Waals surface area contributed by atoms with E-state index >= 15 is 0 Å². The molecule has 0 radical (unpaired) electrons. The Kier molecular flexibility index (Phi) is 6.01. The summed E-state index contributed by atoms with van der Waals surface area (Å²) >= 11 is 17.7. The number of benzene rings is 3. The number of rotatable bonds is 4. The molecule has 7 heteroatoms. The average molecular weight is 422 g/mol. The van der Waals surface area contributed by atoms with Gasteiger partial charge in [-0.1, -0.05) is 34.8 Å². The van der Waals surface area contributed by atoms with E-state index in [0.717, 1.165) is 0 Å². The quantitative estimate of drug-likeness (QED) is 0.378. The zero-order valence-corrected chi connectivity index (χ0v) is 15.9. The molecule has 3 aromatic rings. The lowest BCUT2D eigenvalue weighted by atomic mass is 10.2. The fourth-order valence-electron chi connectivity index (χ4n) is 2.12. The van der Waals surface area contributed by atoms with Crippen LogP contribution in [-0.4, -0.2) is 11.9 Å². The molecule has 0 spiro atoms. The summed E-state index contributed by atoms with van der Waals surface area (Å²) in [4.78, 5) is 24.2. The lowest BCUT2D eigenvalue weighted by molar-refractivity contribution is 0.0719. The van der Waals surface area contributed by atoms with Crippen molar-refractivity contribution in [2.45, 2.75) is 0 Å². The van der Waals surface area contributed by atoms with Crippen LogP contribution in [0.4, 0.5) is 0 Å². The van der Waals surface area contributed by atoms with E-state index in [1.54, 1.807) is 48.5 Å². The van der Waals surface area contributed by atoms with Gasteiger partial charge in [0.15, 0.2) is 0 Å². The molecule has 0 N–H and O–H groups in total. The van der Waals surface area contributed by atoms with Gasteiger partial charge in [-0.05, 0) is 60.7 Å². The van der Waals surface area contributed by atoms with E-state index in [1.807, 2.05) is 0 Å². The van der Waals surface area contributed by atoms with E-state index in [0.29, 0.717) is 21.2 Å². The van der Waals surface area contributed by atoms with Crippen molar-refractivity contribution in [1.82, 2.24) is 0 Å². The molecule has 0 heterocycles. The van der Waals surface area contributed by atoms with Crippen LogP contribution in [0.1, 0.15) is 20.7 Å². The molecule has 27 heavy (non-hydrogen) atoms. The molecule has 0 aliphatic rings. The molecule has 0 bridgehead atoms. The molecule has 0 atom stereocenters. The standard InChI is InChI=1S/C20H11Cl3O4/c21-14-5-1-12(2-6-14)19(24)26-16-9-10-18(17(23)11-16)27-20(25)13-3-7-15(22)8-4-13/h1-11H. The van der Waals surface area contributed by atoms with Crippen molar-refractivity contribution in [2.24, 2.45) is 0 Å². The largest absolute Gasteiger partial charge is 0.423 e. The van der Waals surface area contributed by atoms with Crippen LogP contribution in [0.25, 0.3) is 0 Å². The maximum Gasteiger partial charge on any atom is 0.343 e. The summed E-state index contributed by atoms with van der Waals surface area (Å²) in [5.41, 5.74) is 0.669. The number of esters is 2. The number of halogens is 3. The minimum absolute atomic E-state index is 0.124. The molecular weight excluding hydrogens is 411 g/mol. The molecule has 0 unspecified atom stereocenters. The molecule has 3 aromatic carbocycles. The van der Waals surface area contributed by atoms with Gasteiger partial charge in [0.1, 0.15) is 11.5 Å². The van der Waals surface area contributed by atoms with E-state index in [4.69, 9.17) is 44.3 Å². The van der Waals surface area contributed by atoms with Gasteiger partial charge >= 0.3 is 11.9 Å². The SMILES string of the molecule is O=C(Oc1ccc(OC(=O)c2ccc(Cl)cc2)c(Cl)c1)c1ccc(Cl)cc1. The summed E-state index contributed by atoms with van der Waals surface area (Å²) in [7, 11) is 0. The Balaban J connectivity index is 1.69. The third-order valence-corrected chi connectivity index (χ3v) is 4.28. The summed E-state index contributed by atoms with van der Waals surface area (Å²) in [6.07, 6.45) is 0. The number of carbonyl (C=O) groups excluding carboxylic acids is 2. The van der Waals surface area contributed by atoms with Crippen molar-refractivity contribution < 1.29 is 19.1 Å². The van der Waals surface area contributed by atoms with Gasteiger partial charge in [0, 0.05) is 16.1 Å². The van der Waals surface area contributed by atoms with E-state index in [2.05, 4.69) is 0 Å². The minimum Gasteiger partial charge on any atom is -0.423 e. The summed E-state index contributed by atoms with van der Waals surface area (Å²) in [6, 6.07) is 16.8. The van der Waals surface area contributed by atoms with Crippen LogP contribution in [0.15, 0.2) is 66.7 Å². The fraction of sp³-hybridized carbons (Fsp3) is 0. The van der Waals surface area contributed by atoms with Crippen LogP contribution in [-0.2, 0) is 0 Å². The van der Waals surface area contributed by atoms with E-state index in [-0.39, 0.29) is 16.5 Å². The molecule has 0 saturated carbocycles. The van der Waals surface area contributed by atoms with Crippen molar-refractivity contribution in [1.29, 1.82) is 0 Å². The monoisotopic (exact) mass is 420 g/mol. The Hall–Kier alpha value is -2.53. The van der Waals surface area contributed by atoms with Crippen molar-refractivity contribution in [3.05, 3.63) is 92.9 Å². The van der Waals surface area contributed by atoms with Crippen LogP contribution >= 0.6 is 34.8 Å². The summed E-state index contributed by atoms with van der Waals surface area (Å²) in [5, 5.41) is 1.15. The molecule has 136 valence electrons. The van der Waals surface area contributed by atoms with Gasteiger partial charge in [0.2, 0.25) is 0 Å². The summed E-state index contributed by atoms with van der Waals surface area (Å²) in [6.45, 7) is 0. The molecule has 0 amide bonds. The first-order valence-electron chi connectivity index (χ1n) is 7.67. The average Bonchev–Trinajstić information content (AvgIpc) is 2.65. The normalized spacial score (nSPS) is 10.3. The zero-order valence-electron chi connectivity index (χ0n) is 13.6. The van der Waals surface area contributed by atoms with Crippen molar-refractivity contribution >= 4 is 46.7 Å². The zero-order chi connectivity index (χ0) is 19.4. The van der Waals surface area contributed by atoms with Crippen LogP contribution in [0.3, 0.4) is 0 Å². The van der Waals surface area contributed by atoms with Gasteiger partial charge in [0.05, 0.1) is 16.1 Å². The second kappa shape index (κ2) is 8.44. The third-order valence-electron chi connectivity index (χ3n) is 3.48. The van der Waals surface area contributed by atoms with Gasteiger partial charge in [-0.3, -0.25) is 0 Å². The van der Waals surface area contributed by atoms with Gasteiger partial charge in [-0.15, -0.1) is 0 Å². The highest BCUT2D eigenvalue weighted by molar-refractivity contribution is 6.32. The Morgan fingerprint density at radius 3 is 1.59 bits per heavy atom.